The third-order valence-corrected chi connectivity index (χ3v) is 2.98. The topological polar surface area (TPSA) is 113 Å². The molecule has 0 bridgehead atoms. The molecule has 0 saturated carbocycles. The molecular formula is C15H16N4O4. The molecule has 23 heavy (non-hydrogen) atoms. The predicted molar refractivity (Wildman–Crippen MR) is 82.0 cm³/mol. The van der Waals surface area contributed by atoms with Gasteiger partial charge in [0.05, 0.1) is 18.2 Å². The summed E-state index contributed by atoms with van der Waals surface area (Å²) in [6.07, 6.45) is 3.15. The largest absolute Gasteiger partial charge is 0.480 e. The molecule has 1 aromatic carbocycles. The van der Waals surface area contributed by atoms with Crippen molar-refractivity contribution in [1.82, 2.24) is 15.1 Å². The average molecular weight is 316 g/mol. The Balaban J connectivity index is 1.90. The second kappa shape index (κ2) is 7.21. The lowest BCUT2D eigenvalue weighted by Crippen LogP contribution is -2.30. The molecule has 8 nitrogen and oxygen atoms in total. The highest BCUT2D eigenvalue weighted by Gasteiger charge is 2.09. The van der Waals surface area contributed by atoms with Crippen LogP contribution in [0, 0.1) is 0 Å². The number of benzene rings is 1. The molecule has 0 aliphatic heterocycles. The molecule has 2 rings (SSSR count). The summed E-state index contributed by atoms with van der Waals surface area (Å²) in [5, 5.41) is 17.4. The first-order chi connectivity index (χ1) is 10.9. The predicted octanol–water partition coefficient (Wildman–Crippen LogP) is 0.416. The fourth-order valence-electron chi connectivity index (χ4n) is 1.87. The van der Waals surface area contributed by atoms with Crippen LogP contribution in [0.15, 0.2) is 36.7 Å². The van der Waals surface area contributed by atoms with Crippen molar-refractivity contribution < 1.29 is 19.5 Å². The van der Waals surface area contributed by atoms with Crippen LogP contribution in [0.5, 0.6) is 0 Å². The Morgan fingerprint density at radius 3 is 2.48 bits per heavy atom. The Morgan fingerprint density at radius 1 is 1.22 bits per heavy atom. The molecular weight excluding hydrogens is 300 g/mol. The van der Waals surface area contributed by atoms with Gasteiger partial charge in [0.1, 0.15) is 6.54 Å². The number of hydrogen-bond acceptors (Lipinski definition) is 4. The van der Waals surface area contributed by atoms with Crippen molar-refractivity contribution in [2.24, 2.45) is 7.05 Å². The number of nitrogens with one attached hydrogen (secondary N) is 2. The van der Waals surface area contributed by atoms with Gasteiger partial charge in [-0.15, -0.1) is 0 Å². The summed E-state index contributed by atoms with van der Waals surface area (Å²) in [6.45, 7) is -0.405. The summed E-state index contributed by atoms with van der Waals surface area (Å²) in [6, 6.07) is 6.74. The number of anilines is 1. The molecule has 0 unspecified atom stereocenters. The molecule has 1 heterocycles. The second-order valence-corrected chi connectivity index (χ2v) is 4.90. The molecule has 120 valence electrons. The highest BCUT2D eigenvalue weighted by molar-refractivity contribution is 6.03. The molecule has 0 saturated heterocycles. The number of aryl methyl sites for hydroxylation is 1. The van der Waals surface area contributed by atoms with E-state index in [-0.39, 0.29) is 18.2 Å². The van der Waals surface area contributed by atoms with Gasteiger partial charge in [-0.3, -0.25) is 19.1 Å². The van der Waals surface area contributed by atoms with Crippen LogP contribution in [0.1, 0.15) is 15.9 Å². The quantitative estimate of drug-likeness (QED) is 0.714. The number of hydrogen-bond donors (Lipinski definition) is 3. The SMILES string of the molecule is Cn1cc(C(=O)Nc2ccc(CC(=O)NCC(=O)O)cc2)cn1. The monoisotopic (exact) mass is 316 g/mol. The smallest absolute Gasteiger partial charge is 0.322 e. The number of aliphatic carboxylic acids is 1. The van der Waals surface area contributed by atoms with Crippen LogP contribution in [-0.4, -0.2) is 39.2 Å². The van der Waals surface area contributed by atoms with E-state index in [1.54, 1.807) is 37.5 Å². The van der Waals surface area contributed by atoms with Gasteiger partial charge in [0.2, 0.25) is 5.91 Å². The van der Waals surface area contributed by atoms with Crippen LogP contribution in [0.2, 0.25) is 0 Å². The van der Waals surface area contributed by atoms with Gasteiger partial charge in [-0.1, -0.05) is 12.1 Å². The van der Waals surface area contributed by atoms with Crippen LogP contribution in [0.25, 0.3) is 0 Å². The maximum atomic E-state index is 12.0. The molecule has 0 aliphatic rings. The lowest BCUT2D eigenvalue weighted by Gasteiger charge is -2.06. The number of carbonyl (C=O) groups excluding carboxylic acids is 2. The maximum Gasteiger partial charge on any atom is 0.322 e. The molecule has 0 spiro atoms. The minimum Gasteiger partial charge on any atom is -0.480 e. The van der Waals surface area contributed by atoms with Gasteiger partial charge in [0, 0.05) is 18.9 Å². The Labute approximate surface area is 132 Å². The number of aromatic nitrogens is 2. The zero-order valence-electron chi connectivity index (χ0n) is 12.4. The summed E-state index contributed by atoms with van der Waals surface area (Å²) < 4.78 is 1.54. The van der Waals surface area contributed by atoms with Gasteiger partial charge < -0.3 is 15.7 Å². The average Bonchev–Trinajstić information content (AvgIpc) is 2.94. The highest BCUT2D eigenvalue weighted by atomic mass is 16.4. The van der Waals surface area contributed by atoms with E-state index in [0.717, 1.165) is 0 Å². The van der Waals surface area contributed by atoms with E-state index < -0.39 is 12.5 Å². The molecule has 0 radical (unpaired) electrons. The fourth-order valence-corrected chi connectivity index (χ4v) is 1.87. The van der Waals surface area contributed by atoms with Crippen molar-refractivity contribution in [2.45, 2.75) is 6.42 Å². The van der Waals surface area contributed by atoms with Crippen molar-refractivity contribution in [3.8, 4) is 0 Å². The van der Waals surface area contributed by atoms with Crippen LogP contribution >= 0.6 is 0 Å². The van der Waals surface area contributed by atoms with Crippen LogP contribution in [0.4, 0.5) is 5.69 Å². The lowest BCUT2D eigenvalue weighted by molar-refractivity contribution is -0.137. The molecule has 2 amide bonds. The zero-order valence-corrected chi connectivity index (χ0v) is 12.4. The summed E-state index contributed by atoms with van der Waals surface area (Å²) in [5.74, 6) is -1.74. The van der Waals surface area contributed by atoms with Crippen molar-refractivity contribution in [2.75, 3.05) is 11.9 Å². The Kier molecular flexibility index (Phi) is 5.08. The molecule has 1 aromatic heterocycles. The van der Waals surface area contributed by atoms with Gasteiger partial charge >= 0.3 is 5.97 Å². The summed E-state index contributed by atoms with van der Waals surface area (Å²) in [7, 11) is 1.72. The van der Waals surface area contributed by atoms with E-state index in [0.29, 0.717) is 16.8 Å². The lowest BCUT2D eigenvalue weighted by atomic mass is 10.1. The molecule has 0 aliphatic carbocycles. The Morgan fingerprint density at radius 2 is 1.91 bits per heavy atom. The van der Waals surface area contributed by atoms with E-state index >= 15 is 0 Å². The first-order valence-corrected chi connectivity index (χ1v) is 6.81. The van der Waals surface area contributed by atoms with Crippen LogP contribution < -0.4 is 10.6 Å². The molecule has 8 heteroatoms. The van der Waals surface area contributed by atoms with Gasteiger partial charge in [-0.25, -0.2) is 0 Å². The van der Waals surface area contributed by atoms with E-state index in [1.807, 2.05) is 0 Å². The zero-order chi connectivity index (χ0) is 16.8. The molecule has 0 fully saturated rings. The van der Waals surface area contributed by atoms with Crippen LogP contribution in [0.3, 0.4) is 0 Å². The van der Waals surface area contributed by atoms with Crippen molar-refractivity contribution in [1.29, 1.82) is 0 Å². The number of amides is 2. The van der Waals surface area contributed by atoms with Crippen LogP contribution in [-0.2, 0) is 23.1 Å². The Bertz CT molecular complexity index is 721. The normalized spacial score (nSPS) is 10.1. The van der Waals surface area contributed by atoms with E-state index in [1.165, 1.54) is 10.9 Å². The third kappa shape index (κ3) is 4.95. The highest BCUT2D eigenvalue weighted by Crippen LogP contribution is 2.11. The van der Waals surface area contributed by atoms with Crippen molar-refractivity contribution in [3.05, 3.63) is 47.8 Å². The number of rotatable bonds is 6. The molecule has 0 atom stereocenters. The summed E-state index contributed by atoms with van der Waals surface area (Å²) in [5.41, 5.74) is 1.76. The number of carboxylic acid groups (broad SMARTS) is 1. The number of carbonyl (C=O) groups is 3. The third-order valence-electron chi connectivity index (χ3n) is 2.98. The molecule has 2 aromatic rings. The first-order valence-electron chi connectivity index (χ1n) is 6.81. The fraction of sp³-hybridized carbons (Fsp3) is 0.200. The van der Waals surface area contributed by atoms with Crippen molar-refractivity contribution in [3.63, 3.8) is 0 Å². The number of carboxylic acids is 1. The van der Waals surface area contributed by atoms with E-state index in [2.05, 4.69) is 15.7 Å². The summed E-state index contributed by atoms with van der Waals surface area (Å²) >= 11 is 0. The first kappa shape index (κ1) is 16.2. The second-order valence-electron chi connectivity index (χ2n) is 4.90. The van der Waals surface area contributed by atoms with Gasteiger partial charge in [-0.05, 0) is 17.7 Å². The van der Waals surface area contributed by atoms with Crippen molar-refractivity contribution >= 4 is 23.5 Å². The van der Waals surface area contributed by atoms with Gasteiger partial charge in [-0.2, -0.15) is 5.10 Å². The minimum atomic E-state index is -1.09. The molecule has 3 N–H and O–H groups in total. The van der Waals surface area contributed by atoms with Gasteiger partial charge in [0.15, 0.2) is 0 Å². The van der Waals surface area contributed by atoms with E-state index in [9.17, 15) is 14.4 Å². The number of nitrogens with zero attached hydrogens (tertiary/aromatic N) is 2. The van der Waals surface area contributed by atoms with E-state index in [4.69, 9.17) is 5.11 Å². The standard InChI is InChI=1S/C15H16N4O4/c1-19-9-11(7-17-19)15(23)18-12-4-2-10(3-5-12)6-13(20)16-8-14(21)22/h2-5,7,9H,6,8H2,1H3,(H,16,20)(H,18,23)(H,21,22). The van der Waals surface area contributed by atoms with Gasteiger partial charge in [0.25, 0.3) is 5.91 Å². The minimum absolute atomic E-state index is 0.0735. The Hall–Kier alpha value is -3.16. The maximum absolute atomic E-state index is 12.0. The summed E-state index contributed by atoms with van der Waals surface area (Å²) in [4.78, 5) is 33.8.